The minimum atomic E-state index is -5.53. The number of aromatic nitrogens is 3. The number of alkyl halides is 3. The number of fused-ring (bicyclic) bond motifs is 1. The lowest BCUT2D eigenvalue weighted by molar-refractivity contribution is -0.0436. The normalized spacial score (nSPS) is 12.3. The van der Waals surface area contributed by atoms with E-state index in [2.05, 4.69) is 4.98 Å². The molecule has 0 spiro atoms. The van der Waals surface area contributed by atoms with Gasteiger partial charge in [-0.15, -0.1) is 0 Å². The highest BCUT2D eigenvalue weighted by Crippen LogP contribution is 2.31. The Balaban J connectivity index is 1.73. The molecule has 2 aromatic heterocycles. The van der Waals surface area contributed by atoms with Crippen molar-refractivity contribution in [2.75, 3.05) is 5.73 Å². The van der Waals surface area contributed by atoms with Crippen molar-refractivity contribution in [2.24, 2.45) is 0 Å². The van der Waals surface area contributed by atoms with Crippen LogP contribution in [0.25, 0.3) is 16.6 Å². The van der Waals surface area contributed by atoms with Crippen molar-refractivity contribution in [3.05, 3.63) is 76.8 Å². The third-order valence-electron chi connectivity index (χ3n) is 4.81. The molecule has 2 aromatic carbocycles. The van der Waals surface area contributed by atoms with Gasteiger partial charge in [-0.05, 0) is 42.0 Å². The SMILES string of the molecule is Nc1cc(Cn2cc(O)n(-c3ccc(S(=O)(=O)C(F)(F)F)cc3)c2=O)c2ccccc2n1. The quantitative estimate of drug-likeness (QED) is 0.479. The van der Waals surface area contributed by atoms with E-state index in [1.54, 1.807) is 30.3 Å². The molecule has 8 nitrogen and oxygen atoms in total. The number of hydrogen-bond donors (Lipinski definition) is 2. The van der Waals surface area contributed by atoms with Crippen LogP contribution in [0, 0.1) is 0 Å². The van der Waals surface area contributed by atoms with Crippen molar-refractivity contribution in [1.29, 1.82) is 0 Å². The van der Waals surface area contributed by atoms with E-state index in [-0.39, 0.29) is 18.1 Å². The van der Waals surface area contributed by atoms with E-state index in [1.807, 2.05) is 0 Å². The van der Waals surface area contributed by atoms with Gasteiger partial charge in [0.05, 0.1) is 28.8 Å². The Hall–Kier alpha value is -3.80. The second kappa shape index (κ2) is 7.41. The van der Waals surface area contributed by atoms with Crippen LogP contribution in [-0.2, 0) is 16.4 Å². The predicted molar refractivity (Wildman–Crippen MR) is 110 cm³/mol. The molecule has 0 bridgehead atoms. The first-order chi connectivity index (χ1) is 15.0. The van der Waals surface area contributed by atoms with Gasteiger partial charge in [0.25, 0.3) is 9.84 Å². The topological polar surface area (TPSA) is 120 Å². The zero-order chi connectivity index (χ0) is 23.3. The van der Waals surface area contributed by atoms with Crippen molar-refractivity contribution in [1.82, 2.24) is 14.1 Å². The van der Waals surface area contributed by atoms with Gasteiger partial charge in [0.15, 0.2) is 0 Å². The van der Waals surface area contributed by atoms with Crippen LogP contribution < -0.4 is 11.4 Å². The number of nitrogen functional groups attached to an aromatic ring is 1. The zero-order valence-electron chi connectivity index (χ0n) is 16.1. The largest absolute Gasteiger partial charge is 0.501 e. The molecule has 12 heteroatoms. The average Bonchev–Trinajstić information content (AvgIpc) is 3.00. The molecule has 0 amide bonds. The van der Waals surface area contributed by atoms with Crippen LogP contribution in [-0.4, -0.2) is 33.2 Å². The number of para-hydroxylation sites is 1. The molecule has 0 unspecified atom stereocenters. The molecular weight excluding hydrogens is 449 g/mol. The van der Waals surface area contributed by atoms with E-state index in [0.717, 1.165) is 40.4 Å². The first-order valence-corrected chi connectivity index (χ1v) is 10.5. The lowest BCUT2D eigenvalue weighted by atomic mass is 10.1. The van der Waals surface area contributed by atoms with Gasteiger partial charge in [0.2, 0.25) is 5.88 Å². The fourth-order valence-corrected chi connectivity index (χ4v) is 4.09. The summed E-state index contributed by atoms with van der Waals surface area (Å²) in [6.45, 7) is 0.0349. The number of pyridine rings is 1. The molecule has 0 saturated heterocycles. The van der Waals surface area contributed by atoms with Gasteiger partial charge in [-0.3, -0.25) is 4.57 Å². The van der Waals surface area contributed by atoms with Crippen LogP contribution >= 0.6 is 0 Å². The molecule has 0 saturated carbocycles. The van der Waals surface area contributed by atoms with Gasteiger partial charge in [0, 0.05) is 5.39 Å². The smallest absolute Gasteiger partial charge is 0.493 e. The molecule has 0 atom stereocenters. The van der Waals surface area contributed by atoms with Crippen molar-refractivity contribution >= 4 is 26.6 Å². The molecule has 2 heterocycles. The molecule has 0 aliphatic carbocycles. The molecule has 3 N–H and O–H groups in total. The molecule has 0 fully saturated rings. The lowest BCUT2D eigenvalue weighted by Crippen LogP contribution is -2.24. The summed E-state index contributed by atoms with van der Waals surface area (Å²) in [4.78, 5) is 16.1. The van der Waals surface area contributed by atoms with Crippen LogP contribution in [0.5, 0.6) is 5.88 Å². The highest BCUT2D eigenvalue weighted by molar-refractivity contribution is 7.92. The molecule has 32 heavy (non-hydrogen) atoms. The average molecular weight is 464 g/mol. The standard InChI is InChI=1S/C20H15F3N4O4S/c21-20(22,23)32(30,31)14-7-5-13(6-8-14)27-18(28)11-26(19(27)29)10-12-9-17(24)25-16-4-2-1-3-15(12)16/h1-9,11,28H,10H2,(H2,24,25). The number of nitrogens with two attached hydrogens (primary N) is 1. The minimum Gasteiger partial charge on any atom is -0.493 e. The lowest BCUT2D eigenvalue weighted by Gasteiger charge is -2.09. The number of nitrogens with zero attached hydrogens (tertiary/aromatic N) is 3. The van der Waals surface area contributed by atoms with E-state index in [0.29, 0.717) is 11.1 Å². The maximum absolute atomic E-state index is 12.9. The number of imidazole rings is 1. The Bertz CT molecular complexity index is 1490. The first-order valence-electron chi connectivity index (χ1n) is 9.06. The number of hydrogen-bond acceptors (Lipinski definition) is 6. The molecule has 0 aliphatic rings. The van der Waals surface area contributed by atoms with Crippen LogP contribution in [0.15, 0.2) is 70.5 Å². The van der Waals surface area contributed by atoms with E-state index in [9.17, 15) is 31.5 Å². The maximum Gasteiger partial charge on any atom is 0.501 e. The van der Waals surface area contributed by atoms with Crippen molar-refractivity contribution < 1.29 is 26.7 Å². The molecular formula is C20H15F3N4O4S. The number of aromatic hydroxyl groups is 1. The third kappa shape index (κ3) is 3.58. The summed E-state index contributed by atoms with van der Waals surface area (Å²) in [5, 5.41) is 11.0. The zero-order valence-corrected chi connectivity index (χ0v) is 16.9. The summed E-state index contributed by atoms with van der Waals surface area (Å²) >= 11 is 0. The van der Waals surface area contributed by atoms with E-state index < -0.39 is 31.8 Å². The van der Waals surface area contributed by atoms with Gasteiger partial charge in [-0.2, -0.15) is 13.2 Å². The summed E-state index contributed by atoms with van der Waals surface area (Å²) in [7, 11) is -5.53. The number of benzene rings is 2. The fourth-order valence-electron chi connectivity index (χ4n) is 3.33. The summed E-state index contributed by atoms with van der Waals surface area (Å²) in [6.07, 6.45) is 1.16. The van der Waals surface area contributed by atoms with Gasteiger partial charge < -0.3 is 10.8 Å². The number of anilines is 1. The predicted octanol–water partition coefficient (Wildman–Crippen LogP) is 2.82. The van der Waals surface area contributed by atoms with Gasteiger partial charge in [0.1, 0.15) is 5.82 Å². The highest BCUT2D eigenvalue weighted by Gasteiger charge is 2.46. The molecule has 4 rings (SSSR count). The Kier molecular flexibility index (Phi) is 4.96. The monoisotopic (exact) mass is 464 g/mol. The van der Waals surface area contributed by atoms with E-state index in [1.165, 1.54) is 4.57 Å². The Morgan fingerprint density at radius 1 is 1.06 bits per heavy atom. The maximum atomic E-state index is 12.9. The second-order valence-electron chi connectivity index (χ2n) is 6.90. The number of halogens is 3. The molecule has 0 aliphatic heterocycles. The molecule has 4 aromatic rings. The number of sulfone groups is 1. The Labute approximate surface area is 178 Å². The van der Waals surface area contributed by atoms with Crippen LogP contribution in [0.1, 0.15) is 5.56 Å². The summed E-state index contributed by atoms with van der Waals surface area (Å²) in [5.74, 6) is -0.232. The van der Waals surface area contributed by atoms with Crippen molar-refractivity contribution in [3.8, 4) is 11.6 Å². The third-order valence-corrected chi connectivity index (χ3v) is 6.31. The Morgan fingerprint density at radius 2 is 1.72 bits per heavy atom. The summed E-state index contributed by atoms with van der Waals surface area (Å²) in [5.41, 5.74) is 0.984. The molecule has 166 valence electrons. The highest BCUT2D eigenvalue weighted by atomic mass is 32.2. The second-order valence-corrected chi connectivity index (χ2v) is 8.84. The van der Waals surface area contributed by atoms with E-state index >= 15 is 0 Å². The Morgan fingerprint density at radius 3 is 2.38 bits per heavy atom. The summed E-state index contributed by atoms with van der Waals surface area (Å²) < 4.78 is 63.2. The van der Waals surface area contributed by atoms with Crippen LogP contribution in [0.2, 0.25) is 0 Å². The van der Waals surface area contributed by atoms with Crippen LogP contribution in [0.4, 0.5) is 19.0 Å². The number of rotatable bonds is 4. The van der Waals surface area contributed by atoms with Gasteiger partial charge in [-0.25, -0.2) is 22.8 Å². The molecule has 0 radical (unpaired) electrons. The van der Waals surface area contributed by atoms with E-state index in [4.69, 9.17) is 5.73 Å². The van der Waals surface area contributed by atoms with Crippen molar-refractivity contribution in [3.63, 3.8) is 0 Å². The van der Waals surface area contributed by atoms with Gasteiger partial charge in [-0.1, -0.05) is 18.2 Å². The fraction of sp³-hybridized carbons (Fsp3) is 0.100. The van der Waals surface area contributed by atoms with Crippen molar-refractivity contribution in [2.45, 2.75) is 16.9 Å². The first kappa shape index (κ1) is 21.4. The van der Waals surface area contributed by atoms with Crippen LogP contribution in [0.3, 0.4) is 0 Å². The minimum absolute atomic E-state index is 0.00789. The van der Waals surface area contributed by atoms with Gasteiger partial charge >= 0.3 is 11.2 Å². The summed E-state index contributed by atoms with van der Waals surface area (Å²) in [6, 6.07) is 12.2.